The largest absolute Gasteiger partial charge is 0.330 e. The summed E-state index contributed by atoms with van der Waals surface area (Å²) < 4.78 is 2.61. The van der Waals surface area contributed by atoms with E-state index >= 15 is 0 Å². The number of nitrogens with two attached hydrogens (primary N) is 1. The lowest BCUT2D eigenvalue weighted by Crippen LogP contribution is -2.40. The maximum atomic E-state index is 12.0. The van der Waals surface area contributed by atoms with Crippen molar-refractivity contribution in [3.8, 4) is 0 Å². The van der Waals surface area contributed by atoms with Crippen LogP contribution in [0.3, 0.4) is 0 Å². The third-order valence-corrected chi connectivity index (χ3v) is 3.71. The van der Waals surface area contributed by atoms with Gasteiger partial charge in [-0.25, -0.2) is 4.79 Å². The van der Waals surface area contributed by atoms with E-state index in [9.17, 15) is 9.59 Å². The second kappa shape index (κ2) is 8.67. The topological polar surface area (TPSA) is 73.3 Å². The van der Waals surface area contributed by atoms with Crippen molar-refractivity contribution in [3.05, 3.63) is 68.5 Å². The van der Waals surface area contributed by atoms with Crippen LogP contribution in [0.15, 0.2) is 46.0 Å². The molecule has 23 heavy (non-hydrogen) atoms. The second-order valence-electron chi connectivity index (χ2n) is 5.36. The van der Waals surface area contributed by atoms with Crippen LogP contribution in [-0.4, -0.2) is 27.1 Å². The Hall–Kier alpha value is -1.89. The van der Waals surface area contributed by atoms with E-state index < -0.39 is 0 Å². The molecule has 0 radical (unpaired) electrons. The molecule has 0 bridgehead atoms. The van der Waals surface area contributed by atoms with Crippen LogP contribution in [0.2, 0.25) is 0 Å². The van der Waals surface area contributed by atoms with Crippen LogP contribution in [0.4, 0.5) is 0 Å². The highest BCUT2D eigenvalue weighted by Crippen LogP contribution is 2.07. The van der Waals surface area contributed by atoms with Gasteiger partial charge in [0.05, 0.1) is 0 Å². The fraction of sp³-hybridized carbons (Fsp3) is 0.375. The molecule has 2 aromatic rings. The number of hydrogen-bond acceptors (Lipinski definition) is 4. The molecule has 7 heteroatoms. The van der Waals surface area contributed by atoms with E-state index in [1.165, 1.54) is 23.2 Å². The number of benzene rings is 1. The van der Waals surface area contributed by atoms with Crippen molar-refractivity contribution in [1.82, 2.24) is 14.0 Å². The molecule has 0 aliphatic rings. The van der Waals surface area contributed by atoms with Crippen LogP contribution >= 0.6 is 12.4 Å². The molecule has 1 aromatic heterocycles. The van der Waals surface area contributed by atoms with Gasteiger partial charge in [0, 0.05) is 52.0 Å². The van der Waals surface area contributed by atoms with Gasteiger partial charge < -0.3 is 5.73 Å². The molecule has 0 aliphatic carbocycles. The molecule has 2 rings (SSSR count). The Morgan fingerprint density at radius 2 is 1.70 bits per heavy atom. The molecule has 0 fully saturated rings. The third-order valence-electron chi connectivity index (χ3n) is 3.71. The minimum absolute atomic E-state index is 0. The van der Waals surface area contributed by atoms with Gasteiger partial charge in [-0.05, 0) is 5.56 Å². The summed E-state index contributed by atoms with van der Waals surface area (Å²) in [6.45, 7) is 2.44. The molecule has 0 unspecified atom stereocenters. The van der Waals surface area contributed by atoms with Gasteiger partial charge in [0.25, 0.3) is 5.56 Å². The Morgan fingerprint density at radius 1 is 1.04 bits per heavy atom. The minimum Gasteiger partial charge on any atom is -0.329 e. The van der Waals surface area contributed by atoms with Gasteiger partial charge in [-0.3, -0.25) is 18.8 Å². The van der Waals surface area contributed by atoms with Crippen molar-refractivity contribution >= 4 is 12.4 Å². The summed E-state index contributed by atoms with van der Waals surface area (Å²) in [6, 6.07) is 11.6. The van der Waals surface area contributed by atoms with Gasteiger partial charge in [0.2, 0.25) is 0 Å². The molecule has 0 amide bonds. The molecule has 0 saturated carbocycles. The lowest BCUT2D eigenvalue weighted by Gasteiger charge is -2.23. The Kier molecular flexibility index (Phi) is 7.22. The maximum Gasteiger partial charge on any atom is 0.330 e. The van der Waals surface area contributed by atoms with Gasteiger partial charge in [0.15, 0.2) is 0 Å². The Balaban J connectivity index is 0.00000264. The predicted molar refractivity (Wildman–Crippen MR) is 93.8 cm³/mol. The molecular formula is C16H23ClN4O2. The number of aromatic nitrogens is 2. The number of rotatable bonds is 6. The van der Waals surface area contributed by atoms with E-state index in [-0.39, 0.29) is 23.7 Å². The first-order valence-electron chi connectivity index (χ1n) is 7.25. The van der Waals surface area contributed by atoms with Crippen LogP contribution in [0.1, 0.15) is 11.3 Å². The molecule has 2 N–H and O–H groups in total. The molecule has 0 atom stereocenters. The Labute approximate surface area is 141 Å². The first-order valence-corrected chi connectivity index (χ1v) is 7.25. The van der Waals surface area contributed by atoms with E-state index in [4.69, 9.17) is 5.73 Å². The standard InChI is InChI=1S/C16H22N4O2.ClH/c1-18-14(10-15(21)19(2)16(18)22)12-20(9-8-17)11-13-6-4-3-5-7-13;/h3-7,10H,8-9,11-12,17H2,1-2H3;1H. The lowest BCUT2D eigenvalue weighted by atomic mass is 10.2. The van der Waals surface area contributed by atoms with Crippen LogP contribution < -0.4 is 17.0 Å². The zero-order valence-corrected chi connectivity index (χ0v) is 14.3. The average molecular weight is 339 g/mol. The zero-order chi connectivity index (χ0) is 16.1. The predicted octanol–water partition coefficient (Wildman–Crippen LogP) is 0.467. The van der Waals surface area contributed by atoms with E-state index in [2.05, 4.69) is 4.90 Å². The lowest BCUT2D eigenvalue weighted by molar-refractivity contribution is 0.256. The van der Waals surface area contributed by atoms with Crippen LogP contribution in [0, 0.1) is 0 Å². The Bertz CT molecular complexity index is 740. The smallest absolute Gasteiger partial charge is 0.329 e. The highest BCUT2D eigenvalue weighted by molar-refractivity contribution is 5.85. The molecule has 1 heterocycles. The van der Waals surface area contributed by atoms with Gasteiger partial charge in [-0.1, -0.05) is 30.3 Å². The fourth-order valence-corrected chi connectivity index (χ4v) is 2.40. The Morgan fingerprint density at radius 3 is 2.30 bits per heavy atom. The van der Waals surface area contributed by atoms with Crippen molar-refractivity contribution in [2.75, 3.05) is 13.1 Å². The quantitative estimate of drug-likeness (QED) is 0.831. The molecule has 0 spiro atoms. The van der Waals surface area contributed by atoms with Crippen molar-refractivity contribution < 1.29 is 0 Å². The van der Waals surface area contributed by atoms with E-state index in [0.29, 0.717) is 25.3 Å². The number of hydrogen-bond donors (Lipinski definition) is 1. The summed E-state index contributed by atoms with van der Waals surface area (Å²) in [5, 5.41) is 0. The highest BCUT2D eigenvalue weighted by Gasteiger charge is 2.11. The molecule has 126 valence electrons. The van der Waals surface area contributed by atoms with Crippen LogP contribution in [0.5, 0.6) is 0 Å². The van der Waals surface area contributed by atoms with E-state index in [1.54, 1.807) is 7.05 Å². The average Bonchev–Trinajstić information content (AvgIpc) is 2.52. The zero-order valence-electron chi connectivity index (χ0n) is 13.4. The van der Waals surface area contributed by atoms with Crippen LogP contribution in [0.25, 0.3) is 0 Å². The van der Waals surface area contributed by atoms with Gasteiger partial charge in [-0.15, -0.1) is 12.4 Å². The van der Waals surface area contributed by atoms with Gasteiger partial charge in [-0.2, -0.15) is 0 Å². The summed E-state index contributed by atoms with van der Waals surface area (Å²) in [7, 11) is 3.16. The van der Waals surface area contributed by atoms with E-state index in [1.807, 2.05) is 30.3 Å². The third kappa shape index (κ3) is 4.79. The van der Waals surface area contributed by atoms with Crippen LogP contribution in [-0.2, 0) is 27.2 Å². The first kappa shape index (κ1) is 19.2. The molecule has 6 nitrogen and oxygen atoms in total. The molecular weight excluding hydrogens is 316 g/mol. The SMILES string of the molecule is Cl.Cn1c(CN(CCN)Cc2ccccc2)cc(=O)n(C)c1=O. The summed E-state index contributed by atoms with van der Waals surface area (Å²) in [5.41, 5.74) is 6.95. The fourth-order valence-electron chi connectivity index (χ4n) is 2.40. The summed E-state index contributed by atoms with van der Waals surface area (Å²) >= 11 is 0. The molecule has 1 aromatic carbocycles. The van der Waals surface area contributed by atoms with Crippen molar-refractivity contribution in [2.24, 2.45) is 19.8 Å². The highest BCUT2D eigenvalue weighted by atomic mass is 35.5. The van der Waals surface area contributed by atoms with Gasteiger partial charge >= 0.3 is 5.69 Å². The van der Waals surface area contributed by atoms with Crippen molar-refractivity contribution in [2.45, 2.75) is 13.1 Å². The normalized spacial score (nSPS) is 10.6. The first-order chi connectivity index (χ1) is 10.5. The molecule has 0 saturated heterocycles. The van der Waals surface area contributed by atoms with Crippen molar-refractivity contribution in [3.63, 3.8) is 0 Å². The van der Waals surface area contributed by atoms with Crippen molar-refractivity contribution in [1.29, 1.82) is 0 Å². The second-order valence-corrected chi connectivity index (χ2v) is 5.36. The maximum absolute atomic E-state index is 12.0. The summed E-state index contributed by atoms with van der Waals surface area (Å²) in [4.78, 5) is 25.9. The minimum atomic E-state index is -0.310. The van der Waals surface area contributed by atoms with E-state index in [0.717, 1.165) is 11.1 Å². The summed E-state index contributed by atoms with van der Waals surface area (Å²) in [6.07, 6.45) is 0. The molecule has 0 aliphatic heterocycles. The number of nitrogens with zero attached hydrogens (tertiary/aromatic N) is 3. The number of halogens is 1. The van der Waals surface area contributed by atoms with Gasteiger partial charge in [0.1, 0.15) is 0 Å². The summed E-state index contributed by atoms with van der Waals surface area (Å²) in [5.74, 6) is 0. The monoisotopic (exact) mass is 338 g/mol.